The van der Waals surface area contributed by atoms with Gasteiger partial charge in [-0.05, 0) is 53.3 Å². The van der Waals surface area contributed by atoms with Crippen LogP contribution in [0.25, 0.3) is 0 Å². The van der Waals surface area contributed by atoms with E-state index in [1.165, 1.54) is 11.6 Å². The molecule has 0 aromatic heterocycles. The smallest absolute Gasteiger partial charge is 0.146 e. The van der Waals surface area contributed by atoms with Crippen LogP contribution in [0.1, 0.15) is 31.0 Å². The van der Waals surface area contributed by atoms with Gasteiger partial charge in [-0.2, -0.15) is 0 Å². The number of anilines is 1. The number of halogens is 3. The van der Waals surface area contributed by atoms with E-state index in [9.17, 15) is 8.78 Å². The predicted molar refractivity (Wildman–Crippen MR) is 81.7 cm³/mol. The average molecular weight is 308 g/mol. The van der Waals surface area contributed by atoms with E-state index < -0.39 is 11.6 Å². The lowest BCUT2D eigenvalue weighted by Crippen LogP contribution is -2.25. The number of benzene rings is 2. The monoisotopic (exact) mass is 307 g/mol. The van der Waals surface area contributed by atoms with Crippen molar-refractivity contribution >= 4 is 17.3 Å². The minimum Gasteiger partial charge on any atom is -0.375 e. The van der Waals surface area contributed by atoms with E-state index >= 15 is 0 Å². The van der Waals surface area contributed by atoms with Crippen molar-refractivity contribution in [3.8, 4) is 0 Å². The van der Waals surface area contributed by atoms with E-state index in [1.807, 2.05) is 18.2 Å². The lowest BCUT2D eigenvalue weighted by molar-refractivity contribution is 0.336. The quantitative estimate of drug-likeness (QED) is 0.788. The van der Waals surface area contributed by atoms with Crippen molar-refractivity contribution in [3.63, 3.8) is 0 Å². The van der Waals surface area contributed by atoms with Crippen LogP contribution in [0, 0.1) is 17.0 Å². The van der Waals surface area contributed by atoms with Crippen LogP contribution >= 0.6 is 11.6 Å². The summed E-state index contributed by atoms with van der Waals surface area (Å²) in [5, 5.41) is 3.80. The first-order valence-corrected chi connectivity index (χ1v) is 7.24. The highest BCUT2D eigenvalue weighted by molar-refractivity contribution is 6.30. The zero-order valence-corrected chi connectivity index (χ0v) is 12.6. The molecule has 1 nitrogen and oxygen atoms in total. The first kappa shape index (κ1) is 14.3. The van der Waals surface area contributed by atoms with Crippen LogP contribution in [-0.4, -0.2) is 0 Å². The topological polar surface area (TPSA) is 12.0 Å². The molecule has 0 heterocycles. The predicted octanol–water partition coefficient (Wildman–Crippen LogP) is 5.35. The van der Waals surface area contributed by atoms with Gasteiger partial charge in [0.25, 0.3) is 0 Å². The van der Waals surface area contributed by atoms with Gasteiger partial charge < -0.3 is 5.32 Å². The van der Waals surface area contributed by atoms with Gasteiger partial charge in [0, 0.05) is 5.02 Å². The molecule has 0 amide bonds. The Kier molecular flexibility index (Phi) is 3.40. The van der Waals surface area contributed by atoms with Gasteiger partial charge in [0.1, 0.15) is 11.6 Å². The van der Waals surface area contributed by atoms with E-state index in [1.54, 1.807) is 0 Å². The summed E-state index contributed by atoms with van der Waals surface area (Å²) in [6.45, 7) is 4.21. The summed E-state index contributed by atoms with van der Waals surface area (Å²) in [6, 6.07) is 9.10. The van der Waals surface area contributed by atoms with Crippen LogP contribution in [0.2, 0.25) is 5.02 Å². The van der Waals surface area contributed by atoms with Gasteiger partial charge >= 0.3 is 0 Å². The van der Waals surface area contributed by atoms with Crippen LogP contribution in [0.4, 0.5) is 14.5 Å². The van der Waals surface area contributed by atoms with Crippen molar-refractivity contribution in [2.75, 3.05) is 5.32 Å². The van der Waals surface area contributed by atoms with Crippen LogP contribution in [0.15, 0.2) is 36.4 Å². The Morgan fingerprint density at radius 1 is 1.14 bits per heavy atom. The molecule has 0 saturated carbocycles. The molecule has 1 unspecified atom stereocenters. The molecule has 110 valence electrons. The number of nitrogens with one attached hydrogen (secondary N) is 1. The van der Waals surface area contributed by atoms with E-state index in [4.69, 9.17) is 11.6 Å². The summed E-state index contributed by atoms with van der Waals surface area (Å²) < 4.78 is 27.2. The summed E-state index contributed by atoms with van der Waals surface area (Å²) in [6.07, 6.45) is 0.869. The molecular formula is C17H16ClF2N. The van der Waals surface area contributed by atoms with E-state index in [2.05, 4.69) is 19.2 Å². The summed E-state index contributed by atoms with van der Waals surface area (Å²) in [4.78, 5) is 0. The third kappa shape index (κ3) is 2.62. The number of hydrogen-bond donors (Lipinski definition) is 1. The molecule has 0 aliphatic heterocycles. The van der Waals surface area contributed by atoms with Crippen molar-refractivity contribution in [2.24, 2.45) is 5.41 Å². The van der Waals surface area contributed by atoms with Gasteiger partial charge in [0.15, 0.2) is 0 Å². The fourth-order valence-corrected chi connectivity index (χ4v) is 3.23. The van der Waals surface area contributed by atoms with E-state index in [-0.39, 0.29) is 17.1 Å². The van der Waals surface area contributed by atoms with Gasteiger partial charge in [0.05, 0.1) is 11.7 Å². The summed E-state index contributed by atoms with van der Waals surface area (Å²) in [7, 11) is 0. The van der Waals surface area contributed by atoms with Gasteiger partial charge in [-0.25, -0.2) is 8.78 Å². The van der Waals surface area contributed by atoms with Gasteiger partial charge in [0.2, 0.25) is 0 Å². The molecule has 0 bridgehead atoms. The summed E-state index contributed by atoms with van der Waals surface area (Å²) in [5.41, 5.74) is 2.32. The molecule has 0 spiro atoms. The molecule has 2 aromatic carbocycles. The summed E-state index contributed by atoms with van der Waals surface area (Å²) in [5.74, 6) is -0.913. The molecule has 1 aliphatic carbocycles. The minimum atomic E-state index is -0.457. The molecular weight excluding hydrogens is 292 g/mol. The fourth-order valence-electron chi connectivity index (χ4n) is 3.05. The second-order valence-electron chi connectivity index (χ2n) is 6.21. The molecule has 1 N–H and O–H groups in total. The van der Waals surface area contributed by atoms with Crippen molar-refractivity contribution < 1.29 is 8.78 Å². The zero-order valence-electron chi connectivity index (χ0n) is 11.9. The Labute approximate surface area is 127 Å². The Morgan fingerprint density at radius 2 is 1.90 bits per heavy atom. The molecule has 1 atom stereocenters. The maximum absolute atomic E-state index is 13.9. The molecule has 3 rings (SSSR count). The highest BCUT2D eigenvalue weighted by Gasteiger charge is 2.39. The van der Waals surface area contributed by atoms with Crippen LogP contribution < -0.4 is 5.32 Å². The maximum atomic E-state index is 13.9. The normalized spacial score (nSPS) is 19.4. The SMILES string of the molecule is CC1(C)Cc2ccc(Cl)cc2C1Nc1cc(F)ccc1F. The number of rotatable bonds is 2. The lowest BCUT2D eigenvalue weighted by Gasteiger charge is -2.29. The lowest BCUT2D eigenvalue weighted by atomic mass is 9.85. The van der Waals surface area contributed by atoms with Gasteiger partial charge in [-0.15, -0.1) is 0 Å². The standard InChI is InChI=1S/C17H16ClF2N/c1-17(2)9-10-3-4-11(18)7-13(10)16(17)21-15-8-12(19)5-6-14(15)20/h3-8,16,21H,9H2,1-2H3. The third-order valence-electron chi connectivity index (χ3n) is 4.07. The highest BCUT2D eigenvalue weighted by Crippen LogP contribution is 2.47. The van der Waals surface area contributed by atoms with Crippen LogP contribution in [0.5, 0.6) is 0 Å². The van der Waals surface area contributed by atoms with Crippen molar-refractivity contribution in [2.45, 2.75) is 26.3 Å². The van der Waals surface area contributed by atoms with E-state index in [0.29, 0.717) is 5.02 Å². The first-order valence-electron chi connectivity index (χ1n) is 6.87. The largest absolute Gasteiger partial charge is 0.375 e. The Bertz CT molecular complexity index is 697. The van der Waals surface area contributed by atoms with Gasteiger partial charge in [-0.1, -0.05) is 31.5 Å². The van der Waals surface area contributed by atoms with Crippen LogP contribution in [0.3, 0.4) is 0 Å². The first-order chi connectivity index (χ1) is 9.87. The number of fused-ring (bicyclic) bond motifs is 1. The van der Waals surface area contributed by atoms with E-state index in [0.717, 1.165) is 24.1 Å². The Morgan fingerprint density at radius 3 is 2.67 bits per heavy atom. The molecule has 0 fully saturated rings. The molecule has 21 heavy (non-hydrogen) atoms. The fraction of sp³-hybridized carbons (Fsp3) is 0.294. The maximum Gasteiger partial charge on any atom is 0.146 e. The van der Waals surface area contributed by atoms with Crippen molar-refractivity contribution in [1.29, 1.82) is 0 Å². The summed E-state index contributed by atoms with van der Waals surface area (Å²) >= 11 is 6.08. The van der Waals surface area contributed by atoms with Crippen LogP contribution in [-0.2, 0) is 6.42 Å². The second-order valence-corrected chi connectivity index (χ2v) is 6.65. The van der Waals surface area contributed by atoms with Crippen molar-refractivity contribution in [3.05, 3.63) is 64.2 Å². The molecule has 0 radical (unpaired) electrons. The average Bonchev–Trinajstić information content (AvgIpc) is 2.65. The molecule has 0 saturated heterocycles. The zero-order chi connectivity index (χ0) is 15.2. The Balaban J connectivity index is 2.01. The third-order valence-corrected chi connectivity index (χ3v) is 4.31. The second kappa shape index (κ2) is 4.99. The molecule has 2 aromatic rings. The minimum absolute atomic E-state index is 0.105. The number of hydrogen-bond acceptors (Lipinski definition) is 1. The molecule has 4 heteroatoms. The van der Waals surface area contributed by atoms with Gasteiger partial charge in [-0.3, -0.25) is 0 Å². The highest BCUT2D eigenvalue weighted by atomic mass is 35.5. The Hall–Kier alpha value is -1.61. The molecule has 1 aliphatic rings. The van der Waals surface area contributed by atoms with Crippen molar-refractivity contribution in [1.82, 2.24) is 0 Å².